The SMILES string of the molecule is C=C(CC)CC(NCCC)C1COCCO1. The normalized spacial score (nSPS) is 23.0. The summed E-state index contributed by atoms with van der Waals surface area (Å²) in [7, 11) is 0. The standard InChI is InChI=1S/C13H25NO2/c1-4-6-14-12(9-11(3)5-2)13-10-15-7-8-16-13/h12-14H,3-10H2,1-2H3. The fourth-order valence-corrected chi connectivity index (χ4v) is 1.86. The van der Waals surface area contributed by atoms with E-state index in [9.17, 15) is 0 Å². The Labute approximate surface area is 99.2 Å². The molecule has 1 fully saturated rings. The Morgan fingerprint density at radius 1 is 1.44 bits per heavy atom. The largest absolute Gasteiger partial charge is 0.376 e. The van der Waals surface area contributed by atoms with E-state index < -0.39 is 0 Å². The van der Waals surface area contributed by atoms with E-state index in [0.29, 0.717) is 19.3 Å². The Morgan fingerprint density at radius 3 is 2.81 bits per heavy atom. The zero-order valence-corrected chi connectivity index (χ0v) is 10.6. The number of hydrogen-bond acceptors (Lipinski definition) is 3. The van der Waals surface area contributed by atoms with Gasteiger partial charge in [-0.25, -0.2) is 0 Å². The van der Waals surface area contributed by atoms with Gasteiger partial charge in [-0.05, 0) is 25.8 Å². The minimum atomic E-state index is 0.184. The van der Waals surface area contributed by atoms with Crippen molar-refractivity contribution in [1.82, 2.24) is 5.32 Å². The van der Waals surface area contributed by atoms with Crippen LogP contribution < -0.4 is 5.32 Å². The van der Waals surface area contributed by atoms with Gasteiger partial charge in [0.2, 0.25) is 0 Å². The fraction of sp³-hybridized carbons (Fsp3) is 0.846. The highest BCUT2D eigenvalue weighted by Crippen LogP contribution is 2.15. The van der Waals surface area contributed by atoms with Crippen molar-refractivity contribution in [2.45, 2.75) is 45.3 Å². The van der Waals surface area contributed by atoms with E-state index in [1.807, 2.05) is 0 Å². The molecule has 0 aliphatic carbocycles. The maximum absolute atomic E-state index is 5.75. The van der Waals surface area contributed by atoms with Crippen LogP contribution in [0.3, 0.4) is 0 Å². The van der Waals surface area contributed by atoms with Gasteiger partial charge in [0.1, 0.15) is 0 Å². The van der Waals surface area contributed by atoms with Crippen LogP contribution in [-0.4, -0.2) is 38.5 Å². The molecule has 1 N–H and O–H groups in total. The van der Waals surface area contributed by atoms with Crippen molar-refractivity contribution in [3.05, 3.63) is 12.2 Å². The van der Waals surface area contributed by atoms with E-state index >= 15 is 0 Å². The molecule has 1 aliphatic heterocycles. The molecule has 0 bridgehead atoms. The average Bonchev–Trinajstić information content (AvgIpc) is 2.35. The molecular weight excluding hydrogens is 202 g/mol. The van der Waals surface area contributed by atoms with Crippen LogP contribution in [0.5, 0.6) is 0 Å². The molecule has 3 heteroatoms. The molecule has 0 aromatic carbocycles. The first kappa shape index (κ1) is 13.7. The summed E-state index contributed by atoms with van der Waals surface area (Å²) < 4.78 is 11.2. The number of rotatable bonds is 7. The summed E-state index contributed by atoms with van der Waals surface area (Å²) >= 11 is 0. The van der Waals surface area contributed by atoms with Crippen LogP contribution in [-0.2, 0) is 9.47 Å². The lowest BCUT2D eigenvalue weighted by molar-refractivity contribution is -0.101. The topological polar surface area (TPSA) is 30.5 Å². The predicted octanol–water partition coefficient (Wildman–Crippen LogP) is 2.13. The zero-order chi connectivity index (χ0) is 11.8. The molecule has 3 nitrogen and oxygen atoms in total. The first-order valence-corrected chi connectivity index (χ1v) is 6.37. The second kappa shape index (κ2) is 7.82. The van der Waals surface area contributed by atoms with Crippen molar-refractivity contribution in [3.8, 4) is 0 Å². The van der Waals surface area contributed by atoms with Gasteiger partial charge in [0.25, 0.3) is 0 Å². The van der Waals surface area contributed by atoms with Crippen molar-refractivity contribution in [2.75, 3.05) is 26.4 Å². The monoisotopic (exact) mass is 227 g/mol. The molecule has 0 spiro atoms. The third-order valence-corrected chi connectivity index (χ3v) is 2.96. The second-order valence-corrected chi connectivity index (χ2v) is 4.35. The molecular formula is C13H25NO2. The molecule has 0 aromatic heterocycles. The summed E-state index contributed by atoms with van der Waals surface area (Å²) in [6, 6.07) is 0.354. The summed E-state index contributed by atoms with van der Waals surface area (Å²) in [4.78, 5) is 0. The van der Waals surface area contributed by atoms with Crippen LogP contribution in [0.25, 0.3) is 0 Å². The third-order valence-electron chi connectivity index (χ3n) is 2.96. The molecule has 1 aliphatic rings. The fourth-order valence-electron chi connectivity index (χ4n) is 1.86. The second-order valence-electron chi connectivity index (χ2n) is 4.35. The van der Waals surface area contributed by atoms with Crippen molar-refractivity contribution in [2.24, 2.45) is 0 Å². The molecule has 16 heavy (non-hydrogen) atoms. The first-order chi connectivity index (χ1) is 7.77. The first-order valence-electron chi connectivity index (χ1n) is 6.37. The molecule has 1 saturated heterocycles. The van der Waals surface area contributed by atoms with Gasteiger partial charge in [0.05, 0.1) is 25.9 Å². The highest BCUT2D eigenvalue weighted by Gasteiger charge is 2.24. The summed E-state index contributed by atoms with van der Waals surface area (Å²) in [6.07, 6.45) is 3.36. The van der Waals surface area contributed by atoms with Gasteiger partial charge >= 0.3 is 0 Å². The minimum Gasteiger partial charge on any atom is -0.376 e. The Morgan fingerprint density at radius 2 is 2.25 bits per heavy atom. The third kappa shape index (κ3) is 4.64. The number of hydrogen-bond donors (Lipinski definition) is 1. The van der Waals surface area contributed by atoms with Gasteiger partial charge in [-0.3, -0.25) is 0 Å². The Balaban J connectivity index is 2.43. The quantitative estimate of drug-likeness (QED) is 0.676. The molecule has 0 saturated carbocycles. The Kier molecular flexibility index (Phi) is 6.69. The van der Waals surface area contributed by atoms with E-state index in [1.165, 1.54) is 5.57 Å². The van der Waals surface area contributed by atoms with E-state index in [-0.39, 0.29) is 6.10 Å². The maximum Gasteiger partial charge on any atom is 0.0965 e. The zero-order valence-electron chi connectivity index (χ0n) is 10.6. The number of nitrogens with one attached hydrogen (secondary N) is 1. The van der Waals surface area contributed by atoms with Crippen molar-refractivity contribution >= 4 is 0 Å². The molecule has 0 amide bonds. The van der Waals surface area contributed by atoms with Crippen LogP contribution in [0.15, 0.2) is 12.2 Å². The smallest absolute Gasteiger partial charge is 0.0965 e. The van der Waals surface area contributed by atoms with Crippen molar-refractivity contribution in [1.29, 1.82) is 0 Å². The summed E-state index contributed by atoms with van der Waals surface area (Å²) in [5.74, 6) is 0. The lowest BCUT2D eigenvalue weighted by Crippen LogP contribution is -2.47. The van der Waals surface area contributed by atoms with Crippen LogP contribution in [0.1, 0.15) is 33.1 Å². The van der Waals surface area contributed by atoms with Crippen LogP contribution >= 0.6 is 0 Å². The predicted molar refractivity (Wildman–Crippen MR) is 66.7 cm³/mol. The molecule has 0 radical (unpaired) electrons. The lowest BCUT2D eigenvalue weighted by atomic mass is 10.0. The molecule has 1 heterocycles. The van der Waals surface area contributed by atoms with E-state index in [1.54, 1.807) is 0 Å². The summed E-state index contributed by atoms with van der Waals surface area (Å²) in [6.45, 7) is 11.6. The van der Waals surface area contributed by atoms with E-state index in [0.717, 1.165) is 32.4 Å². The van der Waals surface area contributed by atoms with Gasteiger partial charge in [-0.2, -0.15) is 0 Å². The Bertz CT molecular complexity index is 200. The molecule has 2 atom stereocenters. The van der Waals surface area contributed by atoms with Gasteiger partial charge < -0.3 is 14.8 Å². The molecule has 2 unspecified atom stereocenters. The lowest BCUT2D eigenvalue weighted by Gasteiger charge is -2.31. The van der Waals surface area contributed by atoms with Crippen LogP contribution in [0.2, 0.25) is 0 Å². The Hall–Kier alpha value is -0.380. The average molecular weight is 227 g/mol. The highest BCUT2D eigenvalue weighted by molar-refractivity contribution is 4.99. The van der Waals surface area contributed by atoms with Crippen molar-refractivity contribution in [3.63, 3.8) is 0 Å². The van der Waals surface area contributed by atoms with Gasteiger partial charge in [0, 0.05) is 6.04 Å². The molecule has 94 valence electrons. The van der Waals surface area contributed by atoms with Crippen LogP contribution in [0.4, 0.5) is 0 Å². The van der Waals surface area contributed by atoms with E-state index in [4.69, 9.17) is 9.47 Å². The molecule has 0 aromatic rings. The van der Waals surface area contributed by atoms with Gasteiger partial charge in [0.15, 0.2) is 0 Å². The summed E-state index contributed by atoms with van der Waals surface area (Å²) in [5.41, 5.74) is 1.28. The van der Waals surface area contributed by atoms with Crippen LogP contribution in [0, 0.1) is 0 Å². The van der Waals surface area contributed by atoms with Crippen molar-refractivity contribution < 1.29 is 9.47 Å². The van der Waals surface area contributed by atoms with Gasteiger partial charge in [-0.1, -0.05) is 26.0 Å². The minimum absolute atomic E-state index is 0.184. The maximum atomic E-state index is 5.75. The van der Waals surface area contributed by atoms with E-state index in [2.05, 4.69) is 25.7 Å². The van der Waals surface area contributed by atoms with Gasteiger partial charge in [-0.15, -0.1) is 0 Å². The number of ether oxygens (including phenoxy) is 2. The molecule has 1 rings (SSSR count). The summed E-state index contributed by atoms with van der Waals surface area (Å²) in [5, 5.41) is 3.54. The highest BCUT2D eigenvalue weighted by atomic mass is 16.6.